The number of rotatable bonds is 5. The summed E-state index contributed by atoms with van der Waals surface area (Å²) in [5.41, 5.74) is -1.62. The van der Waals surface area contributed by atoms with Crippen molar-refractivity contribution in [2.45, 2.75) is 18.3 Å². The minimum atomic E-state index is -4.24. The normalized spacial score (nSPS) is 14.8. The smallest absolute Gasteiger partial charge is 0.291 e. The Balaban J connectivity index is 3.62. The summed E-state index contributed by atoms with van der Waals surface area (Å²) in [4.78, 5) is 0. The van der Waals surface area contributed by atoms with E-state index in [2.05, 4.69) is 0 Å². The van der Waals surface area contributed by atoms with Crippen LogP contribution in [0.4, 0.5) is 0 Å². The molecule has 0 rings (SSSR count). The van der Waals surface area contributed by atoms with Gasteiger partial charge < -0.3 is 5.11 Å². The average molecular weight is 200 g/mol. The molecule has 0 saturated carbocycles. The van der Waals surface area contributed by atoms with E-state index in [0.717, 1.165) is 5.75 Å². The van der Waals surface area contributed by atoms with E-state index in [-0.39, 0.29) is 6.42 Å². The zero-order valence-electron chi connectivity index (χ0n) is 6.23. The molecule has 0 fully saturated rings. The maximum Gasteiger partial charge on any atom is 0.291 e. The van der Waals surface area contributed by atoms with E-state index in [9.17, 15) is 8.42 Å². The number of hydrogen-bond acceptors (Lipinski definition) is 4. The van der Waals surface area contributed by atoms with Crippen LogP contribution in [0, 0.1) is 0 Å². The van der Waals surface area contributed by atoms with Gasteiger partial charge in [-0.15, -0.1) is 0 Å². The number of thioether (sulfide) groups is 1. The fourth-order valence-electron chi connectivity index (χ4n) is 0.551. The molecule has 68 valence electrons. The van der Waals surface area contributed by atoms with Gasteiger partial charge in [-0.3, -0.25) is 4.55 Å². The van der Waals surface area contributed by atoms with E-state index in [1.807, 2.05) is 6.26 Å². The van der Waals surface area contributed by atoms with Crippen molar-refractivity contribution >= 4 is 21.9 Å². The summed E-state index contributed by atoms with van der Waals surface area (Å²) in [6.07, 6.45) is 2.57. The molecule has 11 heavy (non-hydrogen) atoms. The minimum absolute atomic E-state index is 0.0969. The van der Waals surface area contributed by atoms with Crippen LogP contribution >= 0.6 is 11.8 Å². The largest absolute Gasteiger partial charge is 0.375 e. The molecule has 0 aromatic rings. The monoisotopic (exact) mass is 200 g/mol. The van der Waals surface area contributed by atoms with Crippen molar-refractivity contribution in [1.82, 2.24) is 0 Å². The Bertz CT molecular complexity index is 187. The minimum Gasteiger partial charge on any atom is -0.375 e. The van der Waals surface area contributed by atoms with Gasteiger partial charge in [0.2, 0.25) is 0 Å². The second kappa shape index (κ2) is 4.97. The van der Waals surface area contributed by atoms with Gasteiger partial charge in [0.15, 0.2) is 5.44 Å². The van der Waals surface area contributed by atoms with Crippen LogP contribution in [0.3, 0.4) is 0 Å². The predicted octanol–water partition coefficient (Wildman–Crippen LogP) is 0.336. The molecule has 0 spiro atoms. The highest BCUT2D eigenvalue weighted by atomic mass is 32.2. The maximum absolute atomic E-state index is 10.2. The summed E-state index contributed by atoms with van der Waals surface area (Å²) in [6, 6.07) is 0. The zero-order valence-corrected chi connectivity index (χ0v) is 7.86. The van der Waals surface area contributed by atoms with Crippen LogP contribution in [0.1, 0.15) is 12.8 Å². The van der Waals surface area contributed by atoms with Gasteiger partial charge in [-0.1, -0.05) is 0 Å². The molecule has 0 heterocycles. The van der Waals surface area contributed by atoms with E-state index in [0.29, 0.717) is 6.42 Å². The van der Waals surface area contributed by atoms with Gasteiger partial charge in [0.05, 0.1) is 0 Å². The van der Waals surface area contributed by atoms with Gasteiger partial charge >= 0.3 is 0 Å². The van der Waals surface area contributed by atoms with Crippen LogP contribution in [-0.2, 0) is 10.1 Å². The summed E-state index contributed by atoms with van der Waals surface area (Å²) in [6.45, 7) is 0. The Morgan fingerprint density at radius 3 is 2.45 bits per heavy atom. The number of aliphatic hydroxyl groups is 1. The third-order valence-corrected chi connectivity index (χ3v) is 2.76. The third kappa shape index (κ3) is 5.49. The Kier molecular flexibility index (Phi) is 5.07. The second-order valence-corrected chi connectivity index (χ2v) is 4.66. The Morgan fingerprint density at radius 2 is 2.09 bits per heavy atom. The van der Waals surface area contributed by atoms with Gasteiger partial charge in [-0.25, -0.2) is 0 Å². The number of aliphatic hydroxyl groups excluding tert-OH is 1. The van der Waals surface area contributed by atoms with Gasteiger partial charge in [-0.05, 0) is 24.9 Å². The van der Waals surface area contributed by atoms with Crippen LogP contribution in [-0.4, -0.2) is 35.5 Å². The first kappa shape index (κ1) is 11.2. The first-order valence-corrected chi connectivity index (χ1v) is 6.01. The second-order valence-electron chi connectivity index (χ2n) is 2.10. The van der Waals surface area contributed by atoms with E-state index >= 15 is 0 Å². The SMILES string of the molecule is CSCCCC(O)S(=O)(=O)O. The Hall–Kier alpha value is 0.220. The summed E-state index contributed by atoms with van der Waals surface area (Å²) in [7, 11) is -4.24. The first-order chi connectivity index (χ1) is 4.98. The Labute approximate surface area is 70.7 Å². The van der Waals surface area contributed by atoms with Crippen molar-refractivity contribution in [3.8, 4) is 0 Å². The van der Waals surface area contributed by atoms with Crippen LogP contribution in [0.25, 0.3) is 0 Å². The molecule has 0 radical (unpaired) electrons. The number of hydrogen-bond donors (Lipinski definition) is 2. The molecule has 4 nitrogen and oxygen atoms in total. The molecule has 1 atom stereocenters. The van der Waals surface area contributed by atoms with Crippen LogP contribution < -0.4 is 0 Å². The summed E-state index contributed by atoms with van der Waals surface area (Å²) < 4.78 is 28.7. The van der Waals surface area contributed by atoms with E-state index < -0.39 is 15.6 Å². The summed E-state index contributed by atoms with van der Waals surface area (Å²) >= 11 is 1.57. The topological polar surface area (TPSA) is 74.6 Å². The lowest BCUT2D eigenvalue weighted by molar-refractivity contribution is 0.223. The highest BCUT2D eigenvalue weighted by Gasteiger charge is 2.17. The fraction of sp³-hybridized carbons (Fsp3) is 1.00. The van der Waals surface area contributed by atoms with Crippen molar-refractivity contribution in [2.75, 3.05) is 12.0 Å². The molecule has 0 amide bonds. The summed E-state index contributed by atoms with van der Waals surface area (Å²) in [5.74, 6) is 0.784. The summed E-state index contributed by atoms with van der Waals surface area (Å²) in [5, 5.41) is 8.77. The highest BCUT2D eigenvalue weighted by molar-refractivity contribution is 7.98. The molecule has 0 bridgehead atoms. The van der Waals surface area contributed by atoms with Crippen LogP contribution in [0.15, 0.2) is 0 Å². The van der Waals surface area contributed by atoms with Gasteiger partial charge in [0.1, 0.15) is 0 Å². The lowest BCUT2D eigenvalue weighted by atomic mass is 10.4. The van der Waals surface area contributed by atoms with Crippen molar-refractivity contribution in [3.63, 3.8) is 0 Å². The van der Waals surface area contributed by atoms with Gasteiger partial charge in [0.25, 0.3) is 10.1 Å². The molecule has 0 aromatic carbocycles. The molecule has 0 aliphatic carbocycles. The predicted molar refractivity (Wildman–Crippen MR) is 45.2 cm³/mol. The molecule has 2 N–H and O–H groups in total. The molecule has 0 aliphatic heterocycles. The van der Waals surface area contributed by atoms with Crippen molar-refractivity contribution in [3.05, 3.63) is 0 Å². The molecule has 1 unspecified atom stereocenters. The Morgan fingerprint density at radius 1 is 1.55 bits per heavy atom. The lowest BCUT2D eigenvalue weighted by Gasteiger charge is -2.04. The van der Waals surface area contributed by atoms with Crippen molar-refractivity contribution in [1.29, 1.82) is 0 Å². The van der Waals surface area contributed by atoms with E-state index in [1.165, 1.54) is 0 Å². The first-order valence-electron chi connectivity index (χ1n) is 3.11. The third-order valence-electron chi connectivity index (χ3n) is 1.14. The molecular weight excluding hydrogens is 188 g/mol. The zero-order chi connectivity index (χ0) is 8.91. The fourth-order valence-corrected chi connectivity index (χ4v) is 1.47. The van der Waals surface area contributed by atoms with E-state index in [4.69, 9.17) is 9.66 Å². The standard InChI is InChI=1S/C5H12O4S2/c1-10-4-2-3-5(6)11(7,8)9/h5-6H,2-4H2,1H3,(H,7,8,9). The van der Waals surface area contributed by atoms with Gasteiger partial charge in [0, 0.05) is 0 Å². The highest BCUT2D eigenvalue weighted by Crippen LogP contribution is 2.06. The lowest BCUT2D eigenvalue weighted by Crippen LogP contribution is -2.19. The van der Waals surface area contributed by atoms with Crippen molar-refractivity contribution < 1.29 is 18.1 Å². The van der Waals surface area contributed by atoms with Crippen LogP contribution in [0.5, 0.6) is 0 Å². The molecule has 0 saturated heterocycles. The molecular formula is C5H12O4S2. The average Bonchev–Trinajstić information content (AvgIpc) is 1.86. The molecule has 0 aromatic heterocycles. The van der Waals surface area contributed by atoms with Crippen LogP contribution in [0.2, 0.25) is 0 Å². The molecule has 6 heteroatoms. The van der Waals surface area contributed by atoms with Crippen molar-refractivity contribution in [2.24, 2.45) is 0 Å². The van der Waals surface area contributed by atoms with Gasteiger partial charge in [-0.2, -0.15) is 20.2 Å². The quantitative estimate of drug-likeness (QED) is 0.494. The maximum atomic E-state index is 10.2. The van der Waals surface area contributed by atoms with E-state index in [1.54, 1.807) is 11.8 Å². The molecule has 0 aliphatic rings.